The summed E-state index contributed by atoms with van der Waals surface area (Å²) >= 11 is 1.52. The van der Waals surface area contributed by atoms with Gasteiger partial charge in [0.1, 0.15) is 0 Å². The predicted molar refractivity (Wildman–Crippen MR) is 73.1 cm³/mol. The van der Waals surface area contributed by atoms with Crippen LogP contribution in [0, 0.1) is 19.8 Å². The van der Waals surface area contributed by atoms with E-state index in [1.165, 1.54) is 16.2 Å². The van der Waals surface area contributed by atoms with Gasteiger partial charge in [0.2, 0.25) is 0 Å². The average molecular weight is 268 g/mol. The van der Waals surface area contributed by atoms with Gasteiger partial charge in [0, 0.05) is 23.9 Å². The van der Waals surface area contributed by atoms with Crippen LogP contribution in [0.4, 0.5) is 0 Å². The molecular weight excluding hydrogens is 248 g/mol. The number of hydrogen-bond donors (Lipinski definition) is 3. The van der Waals surface area contributed by atoms with Crippen molar-refractivity contribution in [3.63, 3.8) is 0 Å². The molecule has 0 aliphatic carbocycles. The third-order valence-corrected chi connectivity index (χ3v) is 4.66. The molecule has 2 rings (SSSR count). The molecule has 0 spiro atoms. The van der Waals surface area contributed by atoms with Crippen LogP contribution in [-0.2, 0) is 0 Å². The van der Waals surface area contributed by atoms with Crippen LogP contribution in [0.15, 0.2) is 6.07 Å². The van der Waals surface area contributed by atoms with Gasteiger partial charge in [-0.15, -0.1) is 11.3 Å². The number of aliphatic hydroxyl groups is 1. The number of hydrogen-bond acceptors (Lipinski definition) is 4. The molecule has 2 atom stereocenters. The molecule has 18 heavy (non-hydrogen) atoms. The van der Waals surface area contributed by atoms with Crippen molar-refractivity contribution in [3.05, 3.63) is 21.4 Å². The molecule has 1 fully saturated rings. The Morgan fingerprint density at radius 1 is 1.61 bits per heavy atom. The Morgan fingerprint density at radius 3 is 3.00 bits per heavy atom. The van der Waals surface area contributed by atoms with E-state index < -0.39 is 0 Å². The second-order valence-corrected chi connectivity index (χ2v) is 6.14. The molecule has 1 saturated heterocycles. The molecule has 3 N–H and O–H groups in total. The van der Waals surface area contributed by atoms with Crippen molar-refractivity contribution in [1.82, 2.24) is 10.6 Å². The molecule has 0 unspecified atom stereocenters. The lowest BCUT2D eigenvalue weighted by Gasteiger charge is -2.28. The summed E-state index contributed by atoms with van der Waals surface area (Å²) in [7, 11) is 0. The third-order valence-electron chi connectivity index (χ3n) is 3.50. The van der Waals surface area contributed by atoms with Gasteiger partial charge >= 0.3 is 0 Å². The summed E-state index contributed by atoms with van der Waals surface area (Å²) in [5.74, 6) is 0.138. The van der Waals surface area contributed by atoms with E-state index in [0.717, 1.165) is 23.4 Å². The maximum Gasteiger partial charge on any atom is 0.261 e. The van der Waals surface area contributed by atoms with Gasteiger partial charge < -0.3 is 15.7 Å². The second-order valence-electron chi connectivity index (χ2n) is 4.88. The Balaban J connectivity index is 1.88. The van der Waals surface area contributed by atoms with E-state index in [2.05, 4.69) is 10.6 Å². The molecule has 1 aliphatic heterocycles. The first kappa shape index (κ1) is 13.5. The highest BCUT2D eigenvalue weighted by Crippen LogP contribution is 2.20. The third kappa shape index (κ3) is 3.10. The van der Waals surface area contributed by atoms with E-state index in [1.807, 2.05) is 19.9 Å². The van der Waals surface area contributed by atoms with Gasteiger partial charge in [0.15, 0.2) is 0 Å². The Bertz CT molecular complexity index is 411. The van der Waals surface area contributed by atoms with Crippen LogP contribution in [0.3, 0.4) is 0 Å². The molecule has 0 bridgehead atoms. The Morgan fingerprint density at radius 2 is 2.39 bits per heavy atom. The van der Waals surface area contributed by atoms with Crippen molar-refractivity contribution in [1.29, 1.82) is 0 Å². The normalized spacial score (nSPS) is 23.9. The van der Waals surface area contributed by atoms with Crippen LogP contribution in [0.1, 0.15) is 26.5 Å². The van der Waals surface area contributed by atoms with E-state index in [9.17, 15) is 9.90 Å². The summed E-state index contributed by atoms with van der Waals surface area (Å²) in [5, 5.41) is 15.8. The van der Waals surface area contributed by atoms with Crippen molar-refractivity contribution < 1.29 is 9.90 Å². The quantitative estimate of drug-likeness (QED) is 0.768. The number of β-amino-alcohol motifs (C(OH)–C–C–N with tert-alkyl or cyclic N) is 1. The van der Waals surface area contributed by atoms with Gasteiger partial charge in [-0.25, -0.2) is 0 Å². The summed E-state index contributed by atoms with van der Waals surface area (Å²) in [5.41, 5.74) is 1.16. The number of aryl methyl sites for hydroxylation is 2. The van der Waals surface area contributed by atoms with Crippen LogP contribution in [0.5, 0.6) is 0 Å². The fourth-order valence-electron chi connectivity index (χ4n) is 2.13. The van der Waals surface area contributed by atoms with Crippen molar-refractivity contribution in [3.8, 4) is 0 Å². The zero-order valence-corrected chi connectivity index (χ0v) is 11.6. The zero-order chi connectivity index (χ0) is 13.1. The van der Waals surface area contributed by atoms with Gasteiger partial charge in [0.25, 0.3) is 5.91 Å². The van der Waals surface area contributed by atoms with E-state index in [4.69, 9.17) is 0 Å². The number of amides is 1. The van der Waals surface area contributed by atoms with Gasteiger partial charge in [-0.1, -0.05) is 0 Å². The molecule has 2 heterocycles. The van der Waals surface area contributed by atoms with Crippen LogP contribution < -0.4 is 10.6 Å². The molecule has 4 nitrogen and oxygen atoms in total. The molecule has 0 aromatic carbocycles. The molecule has 1 amide bonds. The lowest BCUT2D eigenvalue weighted by molar-refractivity contribution is 0.0755. The predicted octanol–water partition coefficient (Wildman–Crippen LogP) is 1.07. The topological polar surface area (TPSA) is 61.4 Å². The van der Waals surface area contributed by atoms with E-state index in [-0.39, 0.29) is 17.9 Å². The standard InChI is InChI=1S/C13H20N2O2S/c1-8-5-12(18-9(8)2)13(17)15-6-10-3-4-14-7-11(10)16/h5,10-11,14,16H,3-4,6-7H2,1-2H3,(H,15,17)/t10-,11+/m0/s1. The number of carbonyl (C=O) groups is 1. The number of nitrogens with one attached hydrogen (secondary N) is 2. The molecular formula is C13H20N2O2S. The lowest BCUT2D eigenvalue weighted by atomic mass is 9.95. The van der Waals surface area contributed by atoms with Crippen LogP contribution in [-0.4, -0.2) is 36.8 Å². The summed E-state index contributed by atoms with van der Waals surface area (Å²) in [6.07, 6.45) is 0.551. The minimum absolute atomic E-state index is 0.0260. The average Bonchev–Trinajstić information content (AvgIpc) is 2.68. The first-order valence-electron chi connectivity index (χ1n) is 6.32. The first-order valence-corrected chi connectivity index (χ1v) is 7.13. The molecule has 1 aliphatic rings. The van der Waals surface area contributed by atoms with Crippen LogP contribution in [0.25, 0.3) is 0 Å². The highest BCUT2D eigenvalue weighted by atomic mass is 32.1. The summed E-state index contributed by atoms with van der Waals surface area (Å²) in [4.78, 5) is 13.9. The minimum atomic E-state index is -0.356. The van der Waals surface area contributed by atoms with Gasteiger partial charge in [-0.3, -0.25) is 4.79 Å². The number of aliphatic hydroxyl groups excluding tert-OH is 1. The van der Waals surface area contributed by atoms with Crippen molar-refractivity contribution in [2.45, 2.75) is 26.4 Å². The zero-order valence-electron chi connectivity index (χ0n) is 10.8. The molecule has 1 aromatic heterocycles. The van der Waals surface area contributed by atoms with Gasteiger partial charge in [0.05, 0.1) is 11.0 Å². The van der Waals surface area contributed by atoms with Crippen molar-refractivity contribution in [2.75, 3.05) is 19.6 Å². The number of carbonyl (C=O) groups excluding carboxylic acids is 1. The maximum atomic E-state index is 12.0. The molecule has 100 valence electrons. The van der Waals surface area contributed by atoms with E-state index >= 15 is 0 Å². The van der Waals surface area contributed by atoms with Crippen molar-refractivity contribution in [2.24, 2.45) is 5.92 Å². The molecule has 1 aromatic rings. The highest BCUT2D eigenvalue weighted by molar-refractivity contribution is 7.14. The van der Waals surface area contributed by atoms with E-state index in [0.29, 0.717) is 13.1 Å². The number of piperidine rings is 1. The Kier molecular flexibility index (Phi) is 4.37. The van der Waals surface area contributed by atoms with Crippen LogP contribution >= 0.6 is 11.3 Å². The smallest absolute Gasteiger partial charge is 0.261 e. The number of rotatable bonds is 3. The number of thiophene rings is 1. The largest absolute Gasteiger partial charge is 0.391 e. The lowest BCUT2D eigenvalue weighted by Crippen LogP contribution is -2.45. The Labute approximate surface area is 111 Å². The molecule has 0 saturated carbocycles. The van der Waals surface area contributed by atoms with Gasteiger partial charge in [-0.05, 0) is 38.4 Å². The Hall–Kier alpha value is -0.910. The highest BCUT2D eigenvalue weighted by Gasteiger charge is 2.23. The monoisotopic (exact) mass is 268 g/mol. The van der Waals surface area contributed by atoms with Gasteiger partial charge in [-0.2, -0.15) is 0 Å². The first-order chi connectivity index (χ1) is 8.58. The fraction of sp³-hybridized carbons (Fsp3) is 0.615. The molecule has 5 heteroatoms. The van der Waals surface area contributed by atoms with E-state index in [1.54, 1.807) is 0 Å². The second kappa shape index (κ2) is 5.82. The maximum absolute atomic E-state index is 12.0. The van der Waals surface area contributed by atoms with Crippen LogP contribution in [0.2, 0.25) is 0 Å². The summed E-state index contributed by atoms with van der Waals surface area (Å²) < 4.78 is 0. The summed E-state index contributed by atoms with van der Waals surface area (Å²) in [6, 6.07) is 1.92. The summed E-state index contributed by atoms with van der Waals surface area (Å²) in [6.45, 7) is 6.12. The fourth-order valence-corrected chi connectivity index (χ4v) is 3.08. The molecule has 0 radical (unpaired) electrons. The minimum Gasteiger partial charge on any atom is -0.391 e. The van der Waals surface area contributed by atoms with Crippen molar-refractivity contribution >= 4 is 17.2 Å². The SMILES string of the molecule is Cc1cc(C(=O)NC[C@@H]2CCNC[C@H]2O)sc1C.